The Kier molecular flexibility index (Phi) is 7.34. The van der Waals surface area contributed by atoms with Gasteiger partial charge in [-0.25, -0.2) is 0 Å². The highest BCUT2D eigenvalue weighted by atomic mass is 16.2. The molecule has 1 amide bonds. The molecule has 4 nitrogen and oxygen atoms in total. The fourth-order valence-electron chi connectivity index (χ4n) is 1.60. The molecule has 0 aromatic carbocycles. The van der Waals surface area contributed by atoms with Crippen LogP contribution >= 0.6 is 0 Å². The number of nitrogens with one attached hydrogen (secondary N) is 1. The molecule has 0 heterocycles. The maximum absolute atomic E-state index is 11.9. The molecule has 0 spiro atoms. The molecule has 4 heteroatoms. The van der Waals surface area contributed by atoms with E-state index in [1.807, 2.05) is 32.7 Å². The molecule has 0 aliphatic heterocycles. The molecule has 3 atom stereocenters. The van der Waals surface area contributed by atoms with Crippen molar-refractivity contribution in [2.45, 2.75) is 58.7 Å². The largest absolute Gasteiger partial charge is 0.352 e. The minimum Gasteiger partial charge on any atom is -0.352 e. The maximum Gasteiger partial charge on any atom is 0.237 e. The second kappa shape index (κ2) is 7.63. The third-order valence-corrected chi connectivity index (χ3v) is 3.14. The zero-order chi connectivity index (χ0) is 12.7. The molecule has 0 saturated heterocycles. The number of hydrogen-bond donors (Lipinski definition) is 2. The number of nitrogens with two attached hydrogens (primary N) is 1. The van der Waals surface area contributed by atoms with Gasteiger partial charge in [-0.1, -0.05) is 13.3 Å². The molecule has 0 aliphatic carbocycles. The fourth-order valence-corrected chi connectivity index (χ4v) is 1.60. The highest BCUT2D eigenvalue weighted by Crippen LogP contribution is 2.03. The first-order valence-corrected chi connectivity index (χ1v) is 6.16. The van der Waals surface area contributed by atoms with E-state index in [1.54, 1.807) is 0 Å². The summed E-state index contributed by atoms with van der Waals surface area (Å²) in [6.07, 6.45) is 2.11. The summed E-state index contributed by atoms with van der Waals surface area (Å²) >= 11 is 0. The van der Waals surface area contributed by atoms with E-state index in [4.69, 9.17) is 5.73 Å². The number of carbonyl (C=O) groups excluding carboxylic acids is 1. The second-order valence-corrected chi connectivity index (χ2v) is 4.62. The van der Waals surface area contributed by atoms with Gasteiger partial charge in [-0.3, -0.25) is 9.69 Å². The van der Waals surface area contributed by atoms with E-state index in [0.29, 0.717) is 6.54 Å². The molecule has 0 aliphatic rings. The number of nitrogens with zero attached hydrogens (tertiary/aromatic N) is 1. The van der Waals surface area contributed by atoms with Crippen molar-refractivity contribution in [1.29, 1.82) is 0 Å². The molecule has 0 rings (SSSR count). The summed E-state index contributed by atoms with van der Waals surface area (Å²) in [5, 5.41) is 3.02. The molecule has 3 unspecified atom stereocenters. The number of likely N-dealkylation sites (N-methyl/N-ethyl adjacent to an activating group) is 1. The highest BCUT2D eigenvalue weighted by Gasteiger charge is 2.22. The van der Waals surface area contributed by atoms with Crippen molar-refractivity contribution in [1.82, 2.24) is 10.2 Å². The Morgan fingerprint density at radius 2 is 1.94 bits per heavy atom. The molecular weight excluding hydrogens is 202 g/mol. The first kappa shape index (κ1) is 15.4. The van der Waals surface area contributed by atoms with Gasteiger partial charge in [0, 0.05) is 18.6 Å². The monoisotopic (exact) mass is 229 g/mol. The van der Waals surface area contributed by atoms with Crippen molar-refractivity contribution in [2.24, 2.45) is 5.73 Å². The second-order valence-electron chi connectivity index (χ2n) is 4.62. The Labute approximate surface area is 99.6 Å². The van der Waals surface area contributed by atoms with E-state index in [9.17, 15) is 4.79 Å². The summed E-state index contributed by atoms with van der Waals surface area (Å²) < 4.78 is 0. The maximum atomic E-state index is 11.9. The minimum absolute atomic E-state index is 0.0868. The fraction of sp³-hybridized carbons (Fsp3) is 0.917. The Bertz CT molecular complexity index is 208. The molecule has 0 aromatic heterocycles. The van der Waals surface area contributed by atoms with E-state index in [0.717, 1.165) is 12.8 Å². The van der Waals surface area contributed by atoms with Crippen molar-refractivity contribution in [2.75, 3.05) is 13.6 Å². The molecule has 0 aromatic rings. The predicted molar refractivity (Wildman–Crippen MR) is 68.3 cm³/mol. The number of carbonyl (C=O) groups is 1. The third kappa shape index (κ3) is 4.94. The Morgan fingerprint density at radius 3 is 2.38 bits per heavy atom. The molecule has 3 N–H and O–H groups in total. The number of hydrogen-bond acceptors (Lipinski definition) is 3. The first-order valence-electron chi connectivity index (χ1n) is 6.16. The number of rotatable bonds is 7. The van der Waals surface area contributed by atoms with Gasteiger partial charge < -0.3 is 11.1 Å². The predicted octanol–water partition coefficient (Wildman–Crippen LogP) is 0.959. The zero-order valence-corrected chi connectivity index (χ0v) is 11.3. The summed E-state index contributed by atoms with van der Waals surface area (Å²) in [5.41, 5.74) is 5.59. The van der Waals surface area contributed by atoms with Crippen molar-refractivity contribution in [3.8, 4) is 0 Å². The van der Waals surface area contributed by atoms with Crippen molar-refractivity contribution in [3.05, 3.63) is 0 Å². The molecule has 16 heavy (non-hydrogen) atoms. The highest BCUT2D eigenvalue weighted by molar-refractivity contribution is 5.81. The topological polar surface area (TPSA) is 58.4 Å². The Hall–Kier alpha value is -0.610. The van der Waals surface area contributed by atoms with Crippen LogP contribution in [-0.4, -0.2) is 42.5 Å². The molecule has 0 radical (unpaired) electrons. The van der Waals surface area contributed by atoms with Gasteiger partial charge in [-0.2, -0.15) is 0 Å². The van der Waals surface area contributed by atoms with Crippen LogP contribution in [0.4, 0.5) is 0 Å². The Morgan fingerprint density at radius 1 is 1.38 bits per heavy atom. The summed E-state index contributed by atoms with van der Waals surface area (Å²) in [7, 11) is 1.94. The average Bonchev–Trinajstić information content (AvgIpc) is 2.26. The summed E-state index contributed by atoms with van der Waals surface area (Å²) in [4.78, 5) is 13.9. The average molecular weight is 229 g/mol. The lowest BCUT2D eigenvalue weighted by Gasteiger charge is -2.30. The van der Waals surface area contributed by atoms with Gasteiger partial charge >= 0.3 is 0 Å². The van der Waals surface area contributed by atoms with Crippen LogP contribution in [-0.2, 0) is 4.79 Å². The van der Waals surface area contributed by atoms with E-state index in [-0.39, 0.29) is 24.0 Å². The van der Waals surface area contributed by atoms with Gasteiger partial charge in [0.2, 0.25) is 5.91 Å². The van der Waals surface area contributed by atoms with Crippen molar-refractivity contribution < 1.29 is 4.79 Å². The summed E-state index contributed by atoms with van der Waals surface area (Å²) in [6.45, 7) is 8.67. The van der Waals surface area contributed by atoms with Crippen molar-refractivity contribution in [3.63, 3.8) is 0 Å². The zero-order valence-electron chi connectivity index (χ0n) is 11.3. The summed E-state index contributed by atoms with van der Waals surface area (Å²) in [5.74, 6) is 0.0868. The molecular formula is C12H27N3O. The van der Waals surface area contributed by atoms with Gasteiger partial charge in [0.15, 0.2) is 0 Å². The Balaban J connectivity index is 4.17. The van der Waals surface area contributed by atoms with Gasteiger partial charge in [0.1, 0.15) is 0 Å². The quantitative estimate of drug-likeness (QED) is 0.683. The smallest absolute Gasteiger partial charge is 0.237 e. The van der Waals surface area contributed by atoms with E-state index < -0.39 is 0 Å². The van der Waals surface area contributed by atoms with Crippen LogP contribution in [0.5, 0.6) is 0 Å². The molecule has 0 bridgehead atoms. The van der Waals surface area contributed by atoms with Crippen LogP contribution in [0.1, 0.15) is 40.5 Å². The lowest BCUT2D eigenvalue weighted by atomic mass is 10.1. The van der Waals surface area contributed by atoms with Crippen LogP contribution in [0.2, 0.25) is 0 Å². The van der Waals surface area contributed by atoms with E-state index in [1.165, 1.54) is 0 Å². The van der Waals surface area contributed by atoms with Gasteiger partial charge in [-0.15, -0.1) is 0 Å². The normalized spacial score (nSPS) is 16.9. The van der Waals surface area contributed by atoms with Crippen LogP contribution in [0, 0.1) is 0 Å². The van der Waals surface area contributed by atoms with E-state index in [2.05, 4.69) is 12.2 Å². The molecule has 0 saturated carbocycles. The van der Waals surface area contributed by atoms with Gasteiger partial charge in [0.05, 0.1) is 6.04 Å². The first-order chi connectivity index (χ1) is 7.43. The van der Waals surface area contributed by atoms with Gasteiger partial charge in [-0.05, 0) is 34.2 Å². The number of amides is 1. The lowest BCUT2D eigenvalue weighted by Crippen LogP contribution is -2.50. The standard InChI is InChI=1S/C12H27N3O/c1-6-7-9(2)14-12(16)11(4)15(5)10(3)8-13/h9-11H,6-8,13H2,1-5H3,(H,14,16). The minimum atomic E-state index is -0.127. The lowest BCUT2D eigenvalue weighted by molar-refractivity contribution is -0.126. The van der Waals surface area contributed by atoms with E-state index >= 15 is 0 Å². The van der Waals surface area contributed by atoms with Crippen LogP contribution in [0.3, 0.4) is 0 Å². The SMILES string of the molecule is CCCC(C)NC(=O)C(C)N(C)C(C)CN. The van der Waals surface area contributed by atoms with Crippen molar-refractivity contribution >= 4 is 5.91 Å². The van der Waals surface area contributed by atoms with Crippen LogP contribution in [0.25, 0.3) is 0 Å². The van der Waals surface area contributed by atoms with Crippen LogP contribution < -0.4 is 11.1 Å². The third-order valence-electron chi connectivity index (χ3n) is 3.14. The summed E-state index contributed by atoms with van der Waals surface area (Å²) in [6, 6.07) is 0.349. The molecule has 0 fully saturated rings. The van der Waals surface area contributed by atoms with Gasteiger partial charge in [0.25, 0.3) is 0 Å². The molecule has 96 valence electrons. The van der Waals surface area contributed by atoms with Crippen LogP contribution in [0.15, 0.2) is 0 Å².